The summed E-state index contributed by atoms with van der Waals surface area (Å²) in [4.78, 5) is 0. The van der Waals surface area contributed by atoms with Gasteiger partial charge in [-0.2, -0.15) is 11.8 Å². The smallest absolute Gasteiger partial charge is 0.00180 e. The van der Waals surface area contributed by atoms with Crippen molar-refractivity contribution in [3.8, 4) is 0 Å². The lowest BCUT2D eigenvalue weighted by Gasteiger charge is -2.15. The average Bonchev–Trinajstić information content (AvgIpc) is 2.58. The summed E-state index contributed by atoms with van der Waals surface area (Å²) < 4.78 is 0. The number of hydrogen-bond acceptors (Lipinski definition) is 2. The predicted octanol–water partition coefficient (Wildman–Crippen LogP) is 3.16. The van der Waals surface area contributed by atoms with Crippen LogP contribution in [-0.4, -0.2) is 25.1 Å². The number of hydrogen-bond donors (Lipinski definition) is 1. The zero-order chi connectivity index (χ0) is 10.2. The fourth-order valence-electron chi connectivity index (χ4n) is 2.31. The summed E-state index contributed by atoms with van der Waals surface area (Å²) in [6, 6.07) is 0. The number of rotatable bonds is 7. The molecule has 0 heterocycles. The first kappa shape index (κ1) is 12.4. The van der Waals surface area contributed by atoms with Crippen molar-refractivity contribution in [1.82, 2.24) is 5.32 Å². The lowest BCUT2D eigenvalue weighted by molar-refractivity contribution is 0.391. The highest BCUT2D eigenvalue weighted by atomic mass is 32.2. The minimum atomic E-state index is 0.966. The van der Waals surface area contributed by atoms with E-state index in [1.165, 1.54) is 50.9 Å². The van der Waals surface area contributed by atoms with Crippen molar-refractivity contribution in [1.29, 1.82) is 0 Å². The lowest BCUT2D eigenvalue weighted by Crippen LogP contribution is -2.25. The summed E-state index contributed by atoms with van der Waals surface area (Å²) in [6.45, 7) is 4.90. The molecular weight excluding hydrogens is 190 g/mol. The minimum absolute atomic E-state index is 0.966. The van der Waals surface area contributed by atoms with Gasteiger partial charge in [-0.15, -0.1) is 0 Å². The van der Waals surface area contributed by atoms with Gasteiger partial charge in [0.2, 0.25) is 0 Å². The second kappa shape index (κ2) is 7.58. The van der Waals surface area contributed by atoms with Crippen LogP contribution in [0.25, 0.3) is 0 Å². The molecule has 1 rings (SSSR count). The van der Waals surface area contributed by atoms with Crippen LogP contribution in [0.15, 0.2) is 0 Å². The molecule has 0 radical (unpaired) electrons. The van der Waals surface area contributed by atoms with Gasteiger partial charge in [0.25, 0.3) is 0 Å². The Kier molecular flexibility index (Phi) is 6.70. The highest BCUT2D eigenvalue weighted by Gasteiger charge is 2.22. The molecule has 1 aliphatic rings. The van der Waals surface area contributed by atoms with Gasteiger partial charge in [-0.05, 0) is 56.2 Å². The van der Waals surface area contributed by atoms with E-state index < -0.39 is 0 Å². The van der Waals surface area contributed by atoms with Gasteiger partial charge in [0.05, 0.1) is 0 Å². The second-order valence-electron chi connectivity index (χ2n) is 4.57. The molecule has 0 aromatic rings. The Labute approximate surface area is 93.4 Å². The molecule has 0 saturated heterocycles. The first-order chi connectivity index (χ1) is 6.84. The summed E-state index contributed by atoms with van der Waals surface area (Å²) >= 11 is 1.96. The van der Waals surface area contributed by atoms with Crippen LogP contribution < -0.4 is 5.32 Å². The third-order valence-corrected chi connectivity index (χ3v) is 4.09. The molecule has 1 nitrogen and oxygen atoms in total. The highest BCUT2D eigenvalue weighted by molar-refractivity contribution is 7.98. The van der Waals surface area contributed by atoms with Crippen molar-refractivity contribution in [2.75, 3.05) is 25.1 Å². The van der Waals surface area contributed by atoms with Gasteiger partial charge in [-0.25, -0.2) is 0 Å². The Morgan fingerprint density at radius 2 is 2.14 bits per heavy atom. The monoisotopic (exact) mass is 215 g/mol. The van der Waals surface area contributed by atoms with E-state index >= 15 is 0 Å². The minimum Gasteiger partial charge on any atom is -0.316 e. The maximum absolute atomic E-state index is 3.61. The fraction of sp³-hybridized carbons (Fsp3) is 1.00. The predicted molar refractivity (Wildman–Crippen MR) is 67.0 cm³/mol. The number of nitrogens with one attached hydrogen (secondary N) is 1. The second-order valence-corrected chi connectivity index (χ2v) is 5.56. The number of thioether (sulfide) groups is 1. The van der Waals surface area contributed by atoms with Crippen LogP contribution >= 0.6 is 11.8 Å². The molecule has 14 heavy (non-hydrogen) atoms. The van der Waals surface area contributed by atoms with Crippen LogP contribution in [0.4, 0.5) is 0 Å². The molecule has 1 saturated carbocycles. The Morgan fingerprint density at radius 1 is 1.29 bits per heavy atom. The standard InChI is InChI=1S/C12H25NS/c1-11-6-5-7-12(11)10-13-8-3-4-9-14-2/h11-13H,3-10H2,1-2H3. The molecule has 0 aromatic heterocycles. The van der Waals surface area contributed by atoms with E-state index in [2.05, 4.69) is 18.5 Å². The van der Waals surface area contributed by atoms with Gasteiger partial charge in [0, 0.05) is 0 Å². The van der Waals surface area contributed by atoms with E-state index in [4.69, 9.17) is 0 Å². The summed E-state index contributed by atoms with van der Waals surface area (Å²) in [6.07, 6.45) is 9.28. The van der Waals surface area contributed by atoms with Crippen molar-refractivity contribution in [3.63, 3.8) is 0 Å². The summed E-state index contributed by atoms with van der Waals surface area (Å²) in [5, 5.41) is 3.61. The Hall–Kier alpha value is 0.310. The van der Waals surface area contributed by atoms with Gasteiger partial charge in [0.15, 0.2) is 0 Å². The molecule has 0 aromatic carbocycles. The van der Waals surface area contributed by atoms with Gasteiger partial charge in [-0.3, -0.25) is 0 Å². The molecule has 84 valence electrons. The largest absolute Gasteiger partial charge is 0.316 e. The molecule has 1 aliphatic carbocycles. The summed E-state index contributed by atoms with van der Waals surface area (Å²) in [5.74, 6) is 3.26. The van der Waals surface area contributed by atoms with Crippen LogP contribution in [0.1, 0.15) is 39.0 Å². The average molecular weight is 215 g/mol. The van der Waals surface area contributed by atoms with E-state index in [0.717, 1.165) is 11.8 Å². The first-order valence-electron chi connectivity index (χ1n) is 6.04. The van der Waals surface area contributed by atoms with Gasteiger partial charge >= 0.3 is 0 Å². The van der Waals surface area contributed by atoms with E-state index in [1.807, 2.05) is 11.8 Å². The summed E-state index contributed by atoms with van der Waals surface area (Å²) in [7, 11) is 0. The van der Waals surface area contributed by atoms with Crippen LogP contribution in [0.3, 0.4) is 0 Å². The van der Waals surface area contributed by atoms with Crippen LogP contribution in [0, 0.1) is 11.8 Å². The Morgan fingerprint density at radius 3 is 2.79 bits per heavy atom. The Balaban J connectivity index is 1.88. The molecule has 2 atom stereocenters. The van der Waals surface area contributed by atoms with E-state index in [1.54, 1.807) is 0 Å². The molecule has 0 bridgehead atoms. The zero-order valence-electron chi connectivity index (χ0n) is 9.72. The molecule has 0 amide bonds. The van der Waals surface area contributed by atoms with Crippen LogP contribution in [0.5, 0.6) is 0 Å². The maximum Gasteiger partial charge on any atom is -0.00180 e. The lowest BCUT2D eigenvalue weighted by atomic mass is 9.98. The normalized spacial score (nSPS) is 27.0. The number of unbranched alkanes of at least 4 members (excludes halogenated alkanes) is 1. The van der Waals surface area contributed by atoms with Crippen LogP contribution in [-0.2, 0) is 0 Å². The molecule has 2 heteroatoms. The highest BCUT2D eigenvalue weighted by Crippen LogP contribution is 2.30. The molecule has 0 spiro atoms. The molecule has 2 unspecified atom stereocenters. The van der Waals surface area contributed by atoms with Gasteiger partial charge in [-0.1, -0.05) is 19.8 Å². The third-order valence-electron chi connectivity index (χ3n) is 3.40. The molecule has 0 aliphatic heterocycles. The maximum atomic E-state index is 3.61. The van der Waals surface area contributed by atoms with E-state index in [0.29, 0.717) is 0 Å². The van der Waals surface area contributed by atoms with Crippen molar-refractivity contribution in [2.24, 2.45) is 11.8 Å². The Bertz CT molecular complexity index is 138. The van der Waals surface area contributed by atoms with Crippen molar-refractivity contribution < 1.29 is 0 Å². The first-order valence-corrected chi connectivity index (χ1v) is 7.43. The third kappa shape index (κ3) is 4.70. The van der Waals surface area contributed by atoms with Crippen molar-refractivity contribution in [3.05, 3.63) is 0 Å². The van der Waals surface area contributed by atoms with E-state index in [9.17, 15) is 0 Å². The van der Waals surface area contributed by atoms with Gasteiger partial charge in [0.1, 0.15) is 0 Å². The quantitative estimate of drug-likeness (QED) is 0.655. The fourth-order valence-corrected chi connectivity index (χ4v) is 2.80. The van der Waals surface area contributed by atoms with Crippen LogP contribution in [0.2, 0.25) is 0 Å². The SMILES string of the molecule is CSCCCCNCC1CCCC1C. The van der Waals surface area contributed by atoms with Crippen molar-refractivity contribution in [2.45, 2.75) is 39.0 Å². The van der Waals surface area contributed by atoms with Crippen molar-refractivity contribution >= 4 is 11.8 Å². The molecule has 1 fully saturated rings. The topological polar surface area (TPSA) is 12.0 Å². The van der Waals surface area contributed by atoms with E-state index in [-0.39, 0.29) is 0 Å². The molecular formula is C12H25NS. The zero-order valence-corrected chi connectivity index (χ0v) is 10.5. The summed E-state index contributed by atoms with van der Waals surface area (Å²) in [5.41, 5.74) is 0. The molecule has 1 N–H and O–H groups in total. The van der Waals surface area contributed by atoms with Gasteiger partial charge < -0.3 is 5.32 Å².